The Balaban J connectivity index is 1.87. The number of rotatable bonds is 5. The normalized spacial score (nSPS) is 11.0. The number of hydrogen-bond acceptors (Lipinski definition) is 5. The third kappa shape index (κ3) is 3.63. The zero-order chi connectivity index (χ0) is 17.8. The fourth-order valence-electron chi connectivity index (χ4n) is 2.18. The van der Waals surface area contributed by atoms with Gasteiger partial charge in [-0.25, -0.2) is 9.59 Å². The van der Waals surface area contributed by atoms with E-state index in [1.807, 2.05) is 0 Å². The Labute approximate surface area is 140 Å². The second kappa shape index (κ2) is 6.83. The highest BCUT2D eigenvalue weighted by atomic mass is 16.5. The third-order valence-corrected chi connectivity index (χ3v) is 3.35. The van der Waals surface area contributed by atoms with Crippen molar-refractivity contribution in [3.8, 4) is 5.75 Å². The van der Waals surface area contributed by atoms with E-state index in [0.717, 1.165) is 4.68 Å². The van der Waals surface area contributed by atoms with Crippen molar-refractivity contribution >= 4 is 23.1 Å². The van der Waals surface area contributed by atoms with Crippen LogP contribution in [0.4, 0.5) is 0 Å². The molecule has 2 N–H and O–H groups in total. The lowest BCUT2D eigenvalue weighted by atomic mass is 10.2. The van der Waals surface area contributed by atoms with Gasteiger partial charge < -0.3 is 14.8 Å². The molecule has 8 nitrogen and oxygen atoms in total. The number of fused-ring (bicyclic) bond motifs is 1. The number of carbonyl (C=O) groups is 1. The number of hydrogen-bond donors (Lipinski definition) is 2. The SMILES string of the molecule is O=C(O)COc1ccc(/C=N/n2c(=O)[nH]c3ccccc3c2=O)cc1. The van der Waals surface area contributed by atoms with Crippen molar-refractivity contribution in [3.05, 3.63) is 74.9 Å². The molecule has 0 fully saturated rings. The number of nitrogens with zero attached hydrogens (tertiary/aromatic N) is 2. The van der Waals surface area contributed by atoms with E-state index in [2.05, 4.69) is 10.1 Å². The highest BCUT2D eigenvalue weighted by molar-refractivity contribution is 5.80. The van der Waals surface area contributed by atoms with Crippen LogP contribution in [0.2, 0.25) is 0 Å². The van der Waals surface area contributed by atoms with Crippen LogP contribution in [0.1, 0.15) is 5.56 Å². The highest BCUT2D eigenvalue weighted by Crippen LogP contribution is 2.11. The van der Waals surface area contributed by atoms with E-state index >= 15 is 0 Å². The molecular formula is C17H13N3O5. The number of para-hydroxylation sites is 1. The first-order valence-corrected chi connectivity index (χ1v) is 7.28. The van der Waals surface area contributed by atoms with Gasteiger partial charge in [-0.05, 0) is 42.0 Å². The van der Waals surface area contributed by atoms with Crippen molar-refractivity contribution in [2.24, 2.45) is 5.10 Å². The van der Waals surface area contributed by atoms with Gasteiger partial charge in [0.2, 0.25) is 0 Å². The van der Waals surface area contributed by atoms with Crippen molar-refractivity contribution in [3.63, 3.8) is 0 Å². The number of aliphatic carboxylic acids is 1. The number of benzene rings is 2. The lowest BCUT2D eigenvalue weighted by molar-refractivity contribution is -0.139. The number of ether oxygens (including phenoxy) is 1. The maximum atomic E-state index is 12.3. The molecule has 1 aromatic heterocycles. The van der Waals surface area contributed by atoms with E-state index in [0.29, 0.717) is 22.2 Å². The summed E-state index contributed by atoms with van der Waals surface area (Å²) in [5.74, 6) is -0.680. The molecule has 0 amide bonds. The summed E-state index contributed by atoms with van der Waals surface area (Å²) in [7, 11) is 0. The van der Waals surface area contributed by atoms with Crippen molar-refractivity contribution in [2.45, 2.75) is 0 Å². The monoisotopic (exact) mass is 339 g/mol. The van der Waals surface area contributed by atoms with Crippen molar-refractivity contribution in [2.75, 3.05) is 6.61 Å². The molecule has 0 aliphatic carbocycles. The molecule has 1 heterocycles. The lowest BCUT2D eigenvalue weighted by Crippen LogP contribution is -2.32. The van der Waals surface area contributed by atoms with Crippen molar-refractivity contribution in [1.29, 1.82) is 0 Å². The molecule has 0 unspecified atom stereocenters. The molecule has 2 aromatic carbocycles. The Bertz CT molecular complexity index is 1060. The van der Waals surface area contributed by atoms with Gasteiger partial charge in [-0.15, -0.1) is 4.68 Å². The van der Waals surface area contributed by atoms with Crippen LogP contribution in [0.3, 0.4) is 0 Å². The summed E-state index contributed by atoms with van der Waals surface area (Å²) in [6.45, 7) is -0.435. The first-order valence-electron chi connectivity index (χ1n) is 7.28. The minimum atomic E-state index is -1.07. The van der Waals surface area contributed by atoms with Crippen LogP contribution >= 0.6 is 0 Å². The van der Waals surface area contributed by atoms with Crippen LogP contribution in [0.25, 0.3) is 10.9 Å². The Morgan fingerprint density at radius 2 is 1.88 bits per heavy atom. The average Bonchev–Trinajstić information content (AvgIpc) is 2.60. The third-order valence-electron chi connectivity index (χ3n) is 3.35. The van der Waals surface area contributed by atoms with E-state index in [1.165, 1.54) is 6.21 Å². The standard InChI is InChI=1S/C17H13N3O5/c21-15(22)10-25-12-7-5-11(6-8-12)9-18-20-16(23)13-3-1-2-4-14(13)19-17(20)24/h1-9H,10H2,(H,19,24)(H,21,22)/b18-9+. The van der Waals surface area contributed by atoms with E-state index in [-0.39, 0.29) is 0 Å². The fraction of sp³-hybridized carbons (Fsp3) is 0.0588. The summed E-state index contributed by atoms with van der Waals surface area (Å²) >= 11 is 0. The Morgan fingerprint density at radius 3 is 2.60 bits per heavy atom. The van der Waals surface area contributed by atoms with Crippen molar-refractivity contribution < 1.29 is 14.6 Å². The molecule has 8 heteroatoms. The van der Waals surface area contributed by atoms with Gasteiger partial charge in [-0.1, -0.05) is 12.1 Å². The molecule has 0 aliphatic heterocycles. The first kappa shape index (κ1) is 16.2. The highest BCUT2D eigenvalue weighted by Gasteiger charge is 2.05. The van der Waals surface area contributed by atoms with Gasteiger partial charge in [0.15, 0.2) is 6.61 Å². The summed E-state index contributed by atoms with van der Waals surface area (Å²) in [6, 6.07) is 13.1. The molecule has 0 atom stereocenters. The van der Waals surface area contributed by atoms with Crippen LogP contribution in [0, 0.1) is 0 Å². The van der Waals surface area contributed by atoms with E-state index in [4.69, 9.17) is 9.84 Å². The van der Waals surface area contributed by atoms with Gasteiger partial charge in [0.1, 0.15) is 5.75 Å². The molecule has 0 saturated carbocycles. The molecule has 3 rings (SSSR count). The topological polar surface area (TPSA) is 114 Å². The molecule has 0 spiro atoms. The molecule has 3 aromatic rings. The van der Waals surface area contributed by atoms with Gasteiger partial charge in [-0.2, -0.15) is 5.10 Å². The zero-order valence-corrected chi connectivity index (χ0v) is 12.9. The van der Waals surface area contributed by atoms with Crippen LogP contribution < -0.4 is 16.0 Å². The summed E-state index contributed by atoms with van der Waals surface area (Å²) in [4.78, 5) is 37.4. The molecule has 25 heavy (non-hydrogen) atoms. The summed E-state index contributed by atoms with van der Waals surface area (Å²) in [6.07, 6.45) is 1.35. The summed E-state index contributed by atoms with van der Waals surface area (Å²) in [5, 5.41) is 12.8. The van der Waals surface area contributed by atoms with Crippen LogP contribution in [-0.4, -0.2) is 33.6 Å². The van der Waals surface area contributed by atoms with Crippen LogP contribution in [-0.2, 0) is 4.79 Å². The summed E-state index contributed by atoms with van der Waals surface area (Å²) in [5.41, 5.74) is -0.0932. The van der Waals surface area contributed by atoms with E-state index in [1.54, 1.807) is 48.5 Å². The van der Waals surface area contributed by atoms with Crippen molar-refractivity contribution in [1.82, 2.24) is 9.66 Å². The van der Waals surface area contributed by atoms with E-state index in [9.17, 15) is 14.4 Å². The molecule has 0 saturated heterocycles. The number of aromatic nitrogens is 2. The maximum Gasteiger partial charge on any atom is 0.349 e. The van der Waals surface area contributed by atoms with Crippen LogP contribution in [0.5, 0.6) is 5.75 Å². The molecule has 0 radical (unpaired) electrons. The van der Waals surface area contributed by atoms with Crippen LogP contribution in [0.15, 0.2) is 63.2 Å². The van der Waals surface area contributed by atoms with Gasteiger partial charge in [0.05, 0.1) is 17.1 Å². The van der Waals surface area contributed by atoms with Gasteiger partial charge in [0, 0.05) is 0 Å². The van der Waals surface area contributed by atoms with Gasteiger partial charge in [-0.3, -0.25) is 4.79 Å². The second-order valence-corrected chi connectivity index (χ2v) is 5.09. The first-order chi connectivity index (χ1) is 12.0. The smallest absolute Gasteiger partial charge is 0.349 e. The number of aromatic amines is 1. The molecule has 126 valence electrons. The van der Waals surface area contributed by atoms with Gasteiger partial charge in [0.25, 0.3) is 5.56 Å². The van der Waals surface area contributed by atoms with Gasteiger partial charge >= 0.3 is 11.7 Å². The fourth-order valence-corrected chi connectivity index (χ4v) is 2.18. The number of carboxylic acids is 1. The maximum absolute atomic E-state index is 12.3. The molecular weight excluding hydrogens is 326 g/mol. The molecule has 0 aliphatic rings. The van der Waals surface area contributed by atoms with E-state index < -0.39 is 23.8 Å². The number of nitrogens with one attached hydrogen (secondary N) is 1. The zero-order valence-electron chi connectivity index (χ0n) is 12.9. The Kier molecular flexibility index (Phi) is 4.42. The molecule has 0 bridgehead atoms. The Hall–Kier alpha value is -3.68. The Morgan fingerprint density at radius 1 is 1.16 bits per heavy atom. The predicted molar refractivity (Wildman–Crippen MR) is 91.4 cm³/mol. The number of carboxylic acid groups (broad SMARTS) is 1. The predicted octanol–water partition coefficient (Wildman–Crippen LogP) is 1.04. The largest absolute Gasteiger partial charge is 0.482 e. The number of H-pyrrole nitrogens is 1. The second-order valence-electron chi connectivity index (χ2n) is 5.09. The summed E-state index contributed by atoms with van der Waals surface area (Å²) < 4.78 is 5.76. The minimum Gasteiger partial charge on any atom is -0.482 e. The lowest BCUT2D eigenvalue weighted by Gasteiger charge is -2.03. The average molecular weight is 339 g/mol. The minimum absolute atomic E-state index is 0.358. The quantitative estimate of drug-likeness (QED) is 0.674.